The van der Waals surface area contributed by atoms with E-state index in [4.69, 9.17) is 10.1 Å². The summed E-state index contributed by atoms with van der Waals surface area (Å²) in [7, 11) is 0. The van der Waals surface area contributed by atoms with Crippen molar-refractivity contribution in [3.05, 3.63) is 35.7 Å². The van der Waals surface area contributed by atoms with Crippen LogP contribution >= 0.6 is 0 Å². The molecule has 1 saturated carbocycles. The second-order valence-corrected chi connectivity index (χ2v) is 9.14. The quantitative estimate of drug-likeness (QED) is 0.813. The summed E-state index contributed by atoms with van der Waals surface area (Å²) >= 11 is 0. The number of nitrogens with zero attached hydrogens (tertiary/aromatic N) is 4. The average Bonchev–Trinajstić information content (AvgIpc) is 3.28. The Bertz CT molecular complexity index is 741. The molecule has 1 aromatic carbocycles. The van der Waals surface area contributed by atoms with Gasteiger partial charge in [0.05, 0.1) is 6.54 Å². The van der Waals surface area contributed by atoms with E-state index >= 15 is 0 Å². The van der Waals surface area contributed by atoms with Crippen molar-refractivity contribution in [2.75, 3.05) is 13.1 Å². The van der Waals surface area contributed by atoms with Gasteiger partial charge in [-0.1, -0.05) is 51.5 Å². The van der Waals surface area contributed by atoms with Crippen molar-refractivity contribution in [3.8, 4) is 11.4 Å². The van der Waals surface area contributed by atoms with Crippen LogP contribution in [0.25, 0.3) is 11.4 Å². The van der Waals surface area contributed by atoms with Crippen LogP contribution < -0.4 is 0 Å². The van der Waals surface area contributed by atoms with E-state index < -0.39 is 0 Å². The van der Waals surface area contributed by atoms with Crippen LogP contribution in [0.1, 0.15) is 58.3 Å². The number of benzene rings is 1. The van der Waals surface area contributed by atoms with Gasteiger partial charge in [-0.2, -0.15) is 5.10 Å². The summed E-state index contributed by atoms with van der Waals surface area (Å²) in [5.74, 6) is 3.82. The summed E-state index contributed by atoms with van der Waals surface area (Å²) < 4.78 is 2.05. The molecule has 2 atom stereocenters. The molecule has 2 heterocycles. The van der Waals surface area contributed by atoms with Gasteiger partial charge in [0.1, 0.15) is 0 Å². The van der Waals surface area contributed by atoms with Crippen molar-refractivity contribution < 1.29 is 0 Å². The topological polar surface area (TPSA) is 34.0 Å². The molecule has 4 heteroatoms. The first-order chi connectivity index (χ1) is 12.4. The molecule has 0 radical (unpaired) electrons. The van der Waals surface area contributed by atoms with E-state index in [2.05, 4.69) is 61.5 Å². The predicted molar refractivity (Wildman–Crippen MR) is 106 cm³/mol. The molecule has 1 aliphatic heterocycles. The molecule has 0 bridgehead atoms. The minimum Gasteiger partial charge on any atom is -0.295 e. The highest BCUT2D eigenvalue weighted by Gasteiger charge is 2.36. The van der Waals surface area contributed by atoms with E-state index in [9.17, 15) is 0 Å². The van der Waals surface area contributed by atoms with Gasteiger partial charge in [-0.05, 0) is 42.6 Å². The van der Waals surface area contributed by atoms with Gasteiger partial charge in [0.15, 0.2) is 11.6 Å². The maximum atomic E-state index is 4.91. The number of rotatable bonds is 4. The van der Waals surface area contributed by atoms with Gasteiger partial charge >= 0.3 is 0 Å². The second-order valence-electron chi connectivity index (χ2n) is 9.14. The molecule has 2 aromatic rings. The Morgan fingerprint density at radius 1 is 1.04 bits per heavy atom. The third-order valence-electron chi connectivity index (χ3n) is 6.19. The number of hydrogen-bond donors (Lipinski definition) is 0. The van der Waals surface area contributed by atoms with Gasteiger partial charge in [0.2, 0.25) is 0 Å². The van der Waals surface area contributed by atoms with E-state index in [1.165, 1.54) is 37.9 Å². The Hall–Kier alpha value is -1.68. The zero-order valence-electron chi connectivity index (χ0n) is 16.7. The first-order valence-corrected chi connectivity index (χ1v) is 10.2. The lowest BCUT2D eigenvalue weighted by Crippen LogP contribution is -2.22. The van der Waals surface area contributed by atoms with Crippen LogP contribution in [0.15, 0.2) is 24.3 Å². The molecule has 4 nitrogen and oxygen atoms in total. The Morgan fingerprint density at radius 3 is 2.27 bits per heavy atom. The first kappa shape index (κ1) is 17.7. The third kappa shape index (κ3) is 3.44. The molecule has 0 N–H and O–H groups in total. The number of hydrogen-bond acceptors (Lipinski definition) is 3. The van der Waals surface area contributed by atoms with E-state index in [1.807, 2.05) is 0 Å². The summed E-state index contributed by atoms with van der Waals surface area (Å²) in [6.07, 6.45) is 4.27. The van der Waals surface area contributed by atoms with E-state index in [0.717, 1.165) is 42.1 Å². The predicted octanol–water partition coefficient (Wildman–Crippen LogP) is 4.49. The number of aromatic nitrogens is 3. The molecule has 1 saturated heterocycles. The molecule has 2 unspecified atom stereocenters. The number of likely N-dealkylation sites (tertiary alicyclic amines) is 1. The highest BCUT2D eigenvalue weighted by molar-refractivity contribution is 5.56. The summed E-state index contributed by atoms with van der Waals surface area (Å²) in [5.41, 5.74) is 2.69. The van der Waals surface area contributed by atoms with Crippen molar-refractivity contribution in [1.82, 2.24) is 19.7 Å². The summed E-state index contributed by atoms with van der Waals surface area (Å²) in [5, 5.41) is 4.80. The zero-order valence-corrected chi connectivity index (χ0v) is 16.7. The molecule has 0 spiro atoms. The normalized spacial score (nSPS) is 23.5. The molecule has 4 rings (SSSR count). The minimum atomic E-state index is 0.177. The van der Waals surface area contributed by atoms with Crippen LogP contribution in [0, 0.1) is 11.8 Å². The third-order valence-corrected chi connectivity index (χ3v) is 6.19. The molecule has 2 aliphatic rings. The molecule has 2 fully saturated rings. The van der Waals surface area contributed by atoms with Gasteiger partial charge in [-0.3, -0.25) is 4.90 Å². The lowest BCUT2D eigenvalue weighted by atomic mass is 9.87. The molecule has 1 aliphatic carbocycles. The fourth-order valence-electron chi connectivity index (χ4n) is 4.67. The Kier molecular flexibility index (Phi) is 4.64. The fourth-order valence-corrected chi connectivity index (χ4v) is 4.67. The van der Waals surface area contributed by atoms with Crippen LogP contribution in [0.3, 0.4) is 0 Å². The number of aryl methyl sites for hydroxylation is 1. The summed E-state index contributed by atoms with van der Waals surface area (Å²) in [6, 6.07) is 8.85. The van der Waals surface area contributed by atoms with Crippen molar-refractivity contribution >= 4 is 0 Å². The van der Waals surface area contributed by atoms with Gasteiger partial charge in [-0.25, -0.2) is 9.67 Å². The van der Waals surface area contributed by atoms with Crippen molar-refractivity contribution in [2.45, 2.75) is 65.5 Å². The average molecular weight is 353 g/mol. The molecule has 26 heavy (non-hydrogen) atoms. The Morgan fingerprint density at radius 2 is 1.69 bits per heavy atom. The highest BCUT2D eigenvalue weighted by Crippen LogP contribution is 2.38. The standard InChI is InChI=1S/C22H32N4/c1-5-26-21(16-9-11-19(12-10-16)22(2,3)4)23-20(24-26)15-25-13-17-7-6-8-18(17)14-25/h9-12,17-18H,5-8,13-15H2,1-4H3. The number of fused-ring (bicyclic) bond motifs is 1. The van der Waals surface area contributed by atoms with E-state index in [-0.39, 0.29) is 5.41 Å². The van der Waals surface area contributed by atoms with Crippen molar-refractivity contribution in [3.63, 3.8) is 0 Å². The lowest BCUT2D eigenvalue weighted by molar-refractivity contribution is 0.295. The van der Waals surface area contributed by atoms with E-state index in [1.54, 1.807) is 0 Å². The van der Waals surface area contributed by atoms with Crippen molar-refractivity contribution in [1.29, 1.82) is 0 Å². The summed E-state index contributed by atoms with van der Waals surface area (Å²) in [4.78, 5) is 7.48. The zero-order chi connectivity index (χ0) is 18.3. The van der Waals surface area contributed by atoms with Crippen LogP contribution in [0.2, 0.25) is 0 Å². The maximum absolute atomic E-state index is 4.91. The van der Waals surface area contributed by atoms with Gasteiger partial charge in [-0.15, -0.1) is 0 Å². The van der Waals surface area contributed by atoms with Crippen molar-refractivity contribution in [2.24, 2.45) is 11.8 Å². The largest absolute Gasteiger partial charge is 0.295 e. The Labute approximate surface area is 157 Å². The Balaban J connectivity index is 1.52. The van der Waals surface area contributed by atoms with Crippen LogP contribution in [-0.2, 0) is 18.5 Å². The van der Waals surface area contributed by atoms with Crippen LogP contribution in [0.5, 0.6) is 0 Å². The molecule has 140 valence electrons. The molecule has 1 aromatic heterocycles. The fraction of sp³-hybridized carbons (Fsp3) is 0.636. The summed E-state index contributed by atoms with van der Waals surface area (Å²) in [6.45, 7) is 13.1. The highest BCUT2D eigenvalue weighted by atomic mass is 15.4. The van der Waals surface area contributed by atoms with Gasteiger partial charge in [0.25, 0.3) is 0 Å². The monoisotopic (exact) mass is 352 g/mol. The minimum absolute atomic E-state index is 0.177. The van der Waals surface area contributed by atoms with Crippen LogP contribution in [0.4, 0.5) is 0 Å². The van der Waals surface area contributed by atoms with Crippen LogP contribution in [-0.4, -0.2) is 32.8 Å². The van der Waals surface area contributed by atoms with E-state index in [0.29, 0.717) is 0 Å². The maximum Gasteiger partial charge on any atom is 0.165 e. The smallest absolute Gasteiger partial charge is 0.165 e. The lowest BCUT2D eigenvalue weighted by Gasteiger charge is -2.19. The first-order valence-electron chi connectivity index (χ1n) is 10.2. The van der Waals surface area contributed by atoms with Gasteiger partial charge in [0, 0.05) is 25.2 Å². The molecular formula is C22H32N4. The van der Waals surface area contributed by atoms with Gasteiger partial charge < -0.3 is 0 Å². The SMILES string of the molecule is CCn1nc(CN2CC3CCCC3C2)nc1-c1ccc(C(C)(C)C)cc1. The molecular weight excluding hydrogens is 320 g/mol. The second kappa shape index (κ2) is 6.80. The molecule has 0 amide bonds.